The van der Waals surface area contributed by atoms with Crippen molar-refractivity contribution in [3.63, 3.8) is 0 Å². The Balaban J connectivity index is 1.93. The lowest BCUT2D eigenvalue weighted by atomic mass is 9.92. The smallest absolute Gasteiger partial charge is 0.348 e. The monoisotopic (exact) mass is 424 g/mol. The zero-order valence-electron chi connectivity index (χ0n) is 13.2. The molecule has 1 aromatic carbocycles. The van der Waals surface area contributed by atoms with E-state index in [9.17, 15) is 9.59 Å². The predicted molar refractivity (Wildman–Crippen MR) is 102 cm³/mol. The van der Waals surface area contributed by atoms with Gasteiger partial charge in [-0.3, -0.25) is 4.79 Å². The number of ketones is 1. The molecular formula is C18H17BrO3S2. The fourth-order valence-electron chi connectivity index (χ4n) is 2.67. The highest BCUT2D eigenvalue weighted by atomic mass is 79.9. The van der Waals surface area contributed by atoms with Crippen LogP contribution in [0.25, 0.3) is 0 Å². The van der Waals surface area contributed by atoms with Crippen molar-refractivity contribution in [2.24, 2.45) is 0 Å². The number of benzene rings is 1. The first kappa shape index (κ1) is 17.7. The van der Waals surface area contributed by atoms with Crippen LogP contribution < -0.4 is 0 Å². The van der Waals surface area contributed by atoms with Crippen molar-refractivity contribution in [3.05, 3.63) is 51.9 Å². The van der Waals surface area contributed by atoms with Crippen LogP contribution in [0, 0.1) is 0 Å². The van der Waals surface area contributed by atoms with Gasteiger partial charge in [-0.15, -0.1) is 23.1 Å². The van der Waals surface area contributed by atoms with Crippen molar-refractivity contribution in [1.82, 2.24) is 0 Å². The molecule has 0 bridgehead atoms. The Kier molecular flexibility index (Phi) is 5.79. The number of fused-ring (bicyclic) bond motifs is 1. The highest BCUT2D eigenvalue weighted by molar-refractivity contribution is 9.10. The van der Waals surface area contributed by atoms with Gasteiger partial charge in [0.25, 0.3) is 0 Å². The van der Waals surface area contributed by atoms with Gasteiger partial charge in [-0.25, -0.2) is 4.79 Å². The van der Waals surface area contributed by atoms with Gasteiger partial charge in [0.05, 0.1) is 15.6 Å². The molecule has 6 heteroatoms. The molecular weight excluding hydrogens is 408 g/mol. The number of carbonyl (C=O) groups excluding carboxylic acids is 2. The van der Waals surface area contributed by atoms with Crippen LogP contribution in [0.15, 0.2) is 34.5 Å². The summed E-state index contributed by atoms with van der Waals surface area (Å²) in [5.41, 5.74) is 2.79. The Morgan fingerprint density at radius 1 is 1.38 bits per heavy atom. The minimum atomic E-state index is -0.314. The summed E-state index contributed by atoms with van der Waals surface area (Å²) in [7, 11) is 0. The molecule has 1 heterocycles. The van der Waals surface area contributed by atoms with Crippen LogP contribution in [0.2, 0.25) is 0 Å². The quantitative estimate of drug-likeness (QED) is 0.379. The summed E-state index contributed by atoms with van der Waals surface area (Å²) in [5.74, 6) is 0.542. The summed E-state index contributed by atoms with van der Waals surface area (Å²) >= 11 is 6.47. The average Bonchev–Trinajstić information content (AvgIpc) is 2.97. The van der Waals surface area contributed by atoms with Crippen molar-refractivity contribution < 1.29 is 14.3 Å². The molecule has 1 atom stereocenters. The summed E-state index contributed by atoms with van der Waals surface area (Å²) < 4.78 is 6.09. The second kappa shape index (κ2) is 7.85. The fraction of sp³-hybridized carbons (Fsp3) is 0.333. The lowest BCUT2D eigenvalue weighted by Crippen LogP contribution is -2.23. The molecule has 3 nitrogen and oxygen atoms in total. The van der Waals surface area contributed by atoms with Gasteiger partial charge in [-0.05, 0) is 30.9 Å². The molecule has 0 saturated heterocycles. The van der Waals surface area contributed by atoms with Crippen molar-refractivity contribution in [2.75, 3.05) is 6.61 Å². The van der Waals surface area contributed by atoms with E-state index in [0.717, 1.165) is 33.9 Å². The number of thioether (sulfide) groups is 1. The normalized spacial score (nSPS) is 16.8. The largest absolute Gasteiger partial charge is 0.462 e. The van der Waals surface area contributed by atoms with Gasteiger partial charge >= 0.3 is 5.97 Å². The molecule has 1 aliphatic rings. The van der Waals surface area contributed by atoms with Crippen LogP contribution in [0.1, 0.15) is 44.5 Å². The molecule has 24 heavy (non-hydrogen) atoms. The van der Waals surface area contributed by atoms with Crippen molar-refractivity contribution in [1.29, 1.82) is 0 Å². The van der Waals surface area contributed by atoms with E-state index in [2.05, 4.69) is 28.1 Å². The third-order valence-electron chi connectivity index (χ3n) is 3.83. The van der Waals surface area contributed by atoms with E-state index in [1.165, 1.54) is 16.9 Å². The predicted octanol–water partition coefficient (Wildman–Crippen LogP) is 5.11. The summed E-state index contributed by atoms with van der Waals surface area (Å²) in [6.07, 6.45) is 1.45. The van der Waals surface area contributed by atoms with Crippen LogP contribution in [-0.4, -0.2) is 23.2 Å². The average molecular weight is 425 g/mol. The Labute approximate surface area is 157 Å². The van der Waals surface area contributed by atoms with E-state index in [1.807, 2.05) is 18.2 Å². The molecule has 2 aromatic rings. The molecule has 0 saturated carbocycles. The van der Waals surface area contributed by atoms with Crippen LogP contribution >= 0.6 is 39.0 Å². The number of thiophene rings is 1. The lowest BCUT2D eigenvalue weighted by molar-refractivity contribution is 0.0531. The number of carbonyl (C=O) groups is 2. The molecule has 126 valence electrons. The minimum Gasteiger partial charge on any atom is -0.462 e. The summed E-state index contributed by atoms with van der Waals surface area (Å²) in [4.78, 5) is 25.3. The minimum absolute atomic E-state index is 0.0820. The Morgan fingerprint density at radius 2 is 2.12 bits per heavy atom. The maximum atomic E-state index is 12.6. The molecule has 0 amide bonds. The molecule has 0 spiro atoms. The number of halogens is 1. The number of rotatable bonds is 5. The Morgan fingerprint density at radius 3 is 2.83 bits per heavy atom. The van der Waals surface area contributed by atoms with E-state index in [4.69, 9.17) is 4.74 Å². The SMILES string of the molecule is CCOC(=O)c1sc(SCc2ccccc2)c2c1CCC(Br)C2=O. The fourth-order valence-corrected chi connectivity index (χ4v) is 5.63. The Bertz CT molecular complexity index is 755. The number of esters is 1. The lowest BCUT2D eigenvalue weighted by Gasteiger charge is -2.17. The van der Waals surface area contributed by atoms with Gasteiger partial charge in [0.2, 0.25) is 0 Å². The number of alkyl halides is 1. The second-order valence-corrected chi connectivity index (χ2v) is 8.81. The van der Waals surface area contributed by atoms with E-state index >= 15 is 0 Å². The Hall–Kier alpha value is -1.11. The van der Waals surface area contributed by atoms with Gasteiger partial charge < -0.3 is 4.74 Å². The summed E-state index contributed by atoms with van der Waals surface area (Å²) in [6, 6.07) is 10.1. The van der Waals surface area contributed by atoms with E-state index in [0.29, 0.717) is 11.5 Å². The van der Waals surface area contributed by atoms with Gasteiger partial charge in [-0.2, -0.15) is 0 Å². The first-order valence-corrected chi connectivity index (χ1v) is 10.5. The maximum Gasteiger partial charge on any atom is 0.348 e. The molecule has 1 aliphatic carbocycles. The van der Waals surface area contributed by atoms with E-state index in [-0.39, 0.29) is 16.6 Å². The van der Waals surface area contributed by atoms with Crippen LogP contribution in [-0.2, 0) is 16.9 Å². The van der Waals surface area contributed by atoms with Gasteiger partial charge in [0.1, 0.15) is 4.88 Å². The number of ether oxygens (including phenoxy) is 1. The summed E-state index contributed by atoms with van der Waals surface area (Å²) in [6.45, 7) is 2.13. The molecule has 1 aromatic heterocycles. The molecule has 1 unspecified atom stereocenters. The van der Waals surface area contributed by atoms with Crippen LogP contribution in [0.5, 0.6) is 0 Å². The van der Waals surface area contributed by atoms with Crippen molar-refractivity contribution in [2.45, 2.75) is 34.6 Å². The molecule has 0 radical (unpaired) electrons. The van der Waals surface area contributed by atoms with Gasteiger partial charge in [0, 0.05) is 11.3 Å². The van der Waals surface area contributed by atoms with Crippen LogP contribution in [0.3, 0.4) is 0 Å². The second-order valence-electron chi connectivity index (χ2n) is 5.44. The van der Waals surface area contributed by atoms with Crippen LogP contribution in [0.4, 0.5) is 0 Å². The topological polar surface area (TPSA) is 43.4 Å². The molecule has 0 fully saturated rings. The van der Waals surface area contributed by atoms with E-state index in [1.54, 1.807) is 18.7 Å². The first-order chi connectivity index (χ1) is 11.6. The zero-order chi connectivity index (χ0) is 17.1. The maximum absolute atomic E-state index is 12.6. The zero-order valence-corrected chi connectivity index (χ0v) is 16.4. The molecule has 0 aliphatic heterocycles. The number of Topliss-reactive ketones (excluding diaryl/α,β-unsaturated/α-hetero) is 1. The highest BCUT2D eigenvalue weighted by Gasteiger charge is 2.34. The third-order valence-corrected chi connectivity index (χ3v) is 7.25. The number of hydrogen-bond donors (Lipinski definition) is 0. The highest BCUT2D eigenvalue weighted by Crippen LogP contribution is 2.42. The summed E-state index contributed by atoms with van der Waals surface area (Å²) in [5, 5.41) is 0. The standard InChI is InChI=1S/C18H17BrO3S2/c1-2-22-17(21)16-12-8-9-13(19)15(20)14(12)18(24-16)23-10-11-6-4-3-5-7-11/h3-7,13H,2,8-10H2,1H3. The van der Waals surface area contributed by atoms with Gasteiger partial charge in [0.15, 0.2) is 5.78 Å². The first-order valence-electron chi connectivity index (χ1n) is 7.79. The number of hydrogen-bond acceptors (Lipinski definition) is 5. The third kappa shape index (κ3) is 3.60. The molecule has 3 rings (SSSR count). The van der Waals surface area contributed by atoms with E-state index < -0.39 is 0 Å². The molecule has 0 N–H and O–H groups in total. The van der Waals surface area contributed by atoms with Crippen molar-refractivity contribution in [3.8, 4) is 0 Å². The van der Waals surface area contributed by atoms with Gasteiger partial charge in [-0.1, -0.05) is 46.3 Å². The van der Waals surface area contributed by atoms with Crippen molar-refractivity contribution >= 4 is 50.8 Å².